The number of hydrogen-bond acceptors (Lipinski definition) is 3. The van der Waals surface area contributed by atoms with E-state index in [0.717, 1.165) is 22.0 Å². The summed E-state index contributed by atoms with van der Waals surface area (Å²) in [6, 6.07) is 8.12. The summed E-state index contributed by atoms with van der Waals surface area (Å²) in [6.07, 6.45) is 4.64. The fourth-order valence-corrected chi connectivity index (χ4v) is 3.54. The average molecular weight is 322 g/mol. The topological polar surface area (TPSA) is 43.3 Å². The van der Waals surface area contributed by atoms with Crippen molar-refractivity contribution in [2.45, 2.75) is 12.5 Å². The third kappa shape index (κ3) is 2.21. The smallest absolute Gasteiger partial charge is 0.0709 e. The predicted molar refractivity (Wildman–Crippen MR) is 77.8 cm³/mol. The Morgan fingerprint density at radius 3 is 3.11 bits per heavy atom. The summed E-state index contributed by atoms with van der Waals surface area (Å²) >= 11 is 5.19. The van der Waals surface area contributed by atoms with Crippen LogP contribution in [0.1, 0.15) is 16.5 Å². The number of nitrogens with two attached hydrogens (primary N) is 1. The first-order chi connectivity index (χ1) is 8.74. The first-order valence-corrected chi connectivity index (χ1v) is 7.32. The Bertz CT molecular complexity index is 673. The van der Waals surface area contributed by atoms with E-state index in [9.17, 15) is 0 Å². The van der Waals surface area contributed by atoms with Gasteiger partial charge in [0.2, 0.25) is 0 Å². The summed E-state index contributed by atoms with van der Waals surface area (Å²) in [5.41, 5.74) is 8.47. The number of nitrogens with zero attached hydrogens (tertiary/aromatic N) is 2. The number of hydrogen-bond donors (Lipinski definition) is 1. The molecule has 18 heavy (non-hydrogen) atoms. The predicted octanol–water partition coefficient (Wildman–Crippen LogP) is 3.40. The third-order valence-electron chi connectivity index (χ3n) is 2.90. The summed E-state index contributed by atoms with van der Waals surface area (Å²) in [5, 5.41) is 6.40. The van der Waals surface area contributed by atoms with Crippen LogP contribution in [0.25, 0.3) is 5.52 Å². The molecule has 3 aromatic rings. The van der Waals surface area contributed by atoms with Gasteiger partial charge in [0, 0.05) is 39.0 Å². The molecule has 2 N–H and O–H groups in total. The molecule has 0 radical (unpaired) electrons. The second-order valence-electron chi connectivity index (χ2n) is 4.17. The Kier molecular flexibility index (Phi) is 3.20. The summed E-state index contributed by atoms with van der Waals surface area (Å²) in [6.45, 7) is 0. The SMILES string of the molecule is NC(Cc1cc(Br)cs1)c1cnn2ccccc12. The van der Waals surface area contributed by atoms with E-state index in [1.54, 1.807) is 11.3 Å². The Hall–Kier alpha value is -1.17. The minimum Gasteiger partial charge on any atom is -0.324 e. The molecule has 0 saturated carbocycles. The van der Waals surface area contributed by atoms with E-state index in [1.165, 1.54) is 4.88 Å². The number of fused-ring (bicyclic) bond motifs is 1. The molecule has 3 rings (SSSR count). The van der Waals surface area contributed by atoms with Crippen molar-refractivity contribution < 1.29 is 0 Å². The van der Waals surface area contributed by atoms with Crippen molar-refractivity contribution >= 4 is 32.8 Å². The molecule has 0 aromatic carbocycles. The van der Waals surface area contributed by atoms with Crippen molar-refractivity contribution in [3.05, 3.63) is 57.0 Å². The van der Waals surface area contributed by atoms with Crippen LogP contribution in [0, 0.1) is 0 Å². The zero-order valence-corrected chi connectivity index (χ0v) is 12.0. The Morgan fingerprint density at radius 2 is 2.33 bits per heavy atom. The molecule has 3 aromatic heterocycles. The van der Waals surface area contributed by atoms with Crippen LogP contribution in [-0.2, 0) is 6.42 Å². The van der Waals surface area contributed by atoms with Crippen LogP contribution >= 0.6 is 27.3 Å². The molecule has 92 valence electrons. The summed E-state index contributed by atoms with van der Waals surface area (Å²) in [5.74, 6) is 0. The van der Waals surface area contributed by atoms with Gasteiger partial charge in [0.1, 0.15) is 0 Å². The van der Waals surface area contributed by atoms with Crippen LogP contribution in [0.15, 0.2) is 46.5 Å². The van der Waals surface area contributed by atoms with Crippen molar-refractivity contribution in [3.63, 3.8) is 0 Å². The molecule has 0 aliphatic rings. The molecule has 0 aliphatic carbocycles. The van der Waals surface area contributed by atoms with Gasteiger partial charge in [-0.15, -0.1) is 11.3 Å². The van der Waals surface area contributed by atoms with Gasteiger partial charge in [0.05, 0.1) is 11.7 Å². The number of pyridine rings is 1. The zero-order chi connectivity index (χ0) is 12.5. The van der Waals surface area contributed by atoms with Crippen molar-refractivity contribution in [1.29, 1.82) is 0 Å². The van der Waals surface area contributed by atoms with Gasteiger partial charge in [-0.1, -0.05) is 6.07 Å². The number of halogens is 1. The average Bonchev–Trinajstić information content (AvgIpc) is 2.95. The van der Waals surface area contributed by atoms with Crippen LogP contribution in [0.3, 0.4) is 0 Å². The van der Waals surface area contributed by atoms with Crippen molar-refractivity contribution in [1.82, 2.24) is 9.61 Å². The van der Waals surface area contributed by atoms with Crippen LogP contribution in [0.2, 0.25) is 0 Å². The Labute approximate surface area is 117 Å². The highest BCUT2D eigenvalue weighted by molar-refractivity contribution is 9.10. The van der Waals surface area contributed by atoms with Gasteiger partial charge in [0.25, 0.3) is 0 Å². The largest absolute Gasteiger partial charge is 0.324 e. The molecule has 3 nitrogen and oxygen atoms in total. The molecule has 0 fully saturated rings. The van der Waals surface area contributed by atoms with E-state index >= 15 is 0 Å². The van der Waals surface area contributed by atoms with Gasteiger partial charge in [0.15, 0.2) is 0 Å². The number of aromatic nitrogens is 2. The maximum absolute atomic E-state index is 6.28. The lowest BCUT2D eigenvalue weighted by Crippen LogP contribution is -2.12. The molecule has 0 saturated heterocycles. The second-order valence-corrected chi connectivity index (χ2v) is 6.08. The number of rotatable bonds is 3. The van der Waals surface area contributed by atoms with Gasteiger partial charge >= 0.3 is 0 Å². The molecule has 0 aliphatic heterocycles. The van der Waals surface area contributed by atoms with Gasteiger partial charge in [-0.05, 0) is 34.1 Å². The van der Waals surface area contributed by atoms with Crippen molar-refractivity contribution in [2.24, 2.45) is 5.73 Å². The van der Waals surface area contributed by atoms with E-state index < -0.39 is 0 Å². The van der Waals surface area contributed by atoms with Gasteiger partial charge in [-0.3, -0.25) is 0 Å². The Morgan fingerprint density at radius 1 is 1.44 bits per heavy atom. The molecular weight excluding hydrogens is 310 g/mol. The van der Waals surface area contributed by atoms with E-state index in [0.29, 0.717) is 0 Å². The molecule has 5 heteroatoms. The van der Waals surface area contributed by atoms with Crippen LogP contribution in [0.5, 0.6) is 0 Å². The maximum atomic E-state index is 6.28. The lowest BCUT2D eigenvalue weighted by atomic mass is 10.1. The second kappa shape index (κ2) is 4.84. The van der Waals surface area contributed by atoms with E-state index in [4.69, 9.17) is 5.73 Å². The Balaban J connectivity index is 1.90. The van der Waals surface area contributed by atoms with Gasteiger partial charge < -0.3 is 5.73 Å². The normalized spacial score (nSPS) is 13.0. The highest BCUT2D eigenvalue weighted by Crippen LogP contribution is 2.26. The molecule has 1 unspecified atom stereocenters. The van der Waals surface area contributed by atoms with Gasteiger partial charge in [-0.2, -0.15) is 5.10 Å². The zero-order valence-electron chi connectivity index (χ0n) is 9.58. The standard InChI is InChI=1S/C13H12BrN3S/c14-9-5-10(18-8-9)6-12(15)11-7-16-17-4-2-1-3-13(11)17/h1-5,7-8,12H,6,15H2. The molecule has 3 heterocycles. The van der Waals surface area contributed by atoms with E-state index in [1.807, 2.05) is 35.1 Å². The summed E-state index contributed by atoms with van der Waals surface area (Å²) in [4.78, 5) is 1.28. The molecule has 1 atom stereocenters. The van der Waals surface area contributed by atoms with Crippen LogP contribution < -0.4 is 5.73 Å². The third-order valence-corrected chi connectivity index (χ3v) is 4.62. The van der Waals surface area contributed by atoms with Crippen molar-refractivity contribution in [3.8, 4) is 0 Å². The fraction of sp³-hybridized carbons (Fsp3) is 0.154. The van der Waals surface area contributed by atoms with Crippen LogP contribution in [-0.4, -0.2) is 9.61 Å². The quantitative estimate of drug-likeness (QED) is 0.803. The fourth-order valence-electron chi connectivity index (χ4n) is 2.03. The lowest BCUT2D eigenvalue weighted by molar-refractivity contribution is 0.736. The van der Waals surface area contributed by atoms with Gasteiger partial charge in [-0.25, -0.2) is 4.52 Å². The first kappa shape index (κ1) is 11.9. The molecule has 0 spiro atoms. The van der Waals surface area contributed by atoms with E-state index in [2.05, 4.69) is 32.5 Å². The lowest BCUT2D eigenvalue weighted by Gasteiger charge is -2.08. The monoisotopic (exact) mass is 321 g/mol. The maximum Gasteiger partial charge on any atom is 0.0709 e. The highest BCUT2D eigenvalue weighted by Gasteiger charge is 2.13. The van der Waals surface area contributed by atoms with E-state index in [-0.39, 0.29) is 6.04 Å². The highest BCUT2D eigenvalue weighted by atomic mass is 79.9. The first-order valence-electron chi connectivity index (χ1n) is 5.65. The molecule has 0 bridgehead atoms. The minimum absolute atomic E-state index is 0.0181. The number of thiophene rings is 1. The van der Waals surface area contributed by atoms with Crippen molar-refractivity contribution in [2.75, 3.05) is 0 Å². The summed E-state index contributed by atoms with van der Waals surface area (Å²) in [7, 11) is 0. The molecule has 0 amide bonds. The summed E-state index contributed by atoms with van der Waals surface area (Å²) < 4.78 is 2.98. The molecular formula is C13H12BrN3S. The minimum atomic E-state index is -0.0181. The van der Waals surface area contributed by atoms with Crippen LogP contribution in [0.4, 0.5) is 0 Å².